The van der Waals surface area contributed by atoms with E-state index in [4.69, 9.17) is 4.74 Å². The highest BCUT2D eigenvalue weighted by molar-refractivity contribution is 5.21. The van der Waals surface area contributed by atoms with Gasteiger partial charge in [-0.1, -0.05) is 18.2 Å². The smallest absolute Gasteiger partial charge is 0.127 e. The van der Waals surface area contributed by atoms with Gasteiger partial charge in [-0.05, 0) is 25.1 Å². The Morgan fingerprint density at radius 1 is 1.29 bits per heavy atom. The Morgan fingerprint density at radius 2 is 2.07 bits per heavy atom. The van der Waals surface area contributed by atoms with Crippen LogP contribution in [0.2, 0.25) is 0 Å². The number of aliphatic hydroxyl groups excluding tert-OH is 1. The Hall–Kier alpha value is -1.06. The molecule has 0 aliphatic carbocycles. The minimum absolute atomic E-state index is 0.0707. The van der Waals surface area contributed by atoms with Crippen molar-refractivity contribution >= 4 is 0 Å². The largest absolute Gasteiger partial charge is 0.488 e. The molecule has 76 valence electrons. The molecule has 2 atom stereocenters. The fourth-order valence-electron chi connectivity index (χ4n) is 1.63. The maximum atomic E-state index is 9.64. The third-order valence-corrected chi connectivity index (χ3v) is 2.42. The van der Waals surface area contributed by atoms with E-state index >= 15 is 0 Å². The number of β-amino-alcohol motifs (C(OH)–C–C–N with tert-alkyl or cyclic N) is 1. The van der Waals surface area contributed by atoms with Crippen LogP contribution in [0.4, 0.5) is 0 Å². The second-order valence-corrected chi connectivity index (χ2v) is 3.53. The van der Waals surface area contributed by atoms with Crippen LogP contribution >= 0.6 is 0 Å². The molecule has 2 rings (SSSR count). The summed E-state index contributed by atoms with van der Waals surface area (Å²) < 4.78 is 5.68. The van der Waals surface area contributed by atoms with Crippen molar-refractivity contribution in [2.24, 2.45) is 0 Å². The first-order chi connectivity index (χ1) is 6.86. The van der Waals surface area contributed by atoms with Crippen molar-refractivity contribution in [1.82, 2.24) is 5.32 Å². The fraction of sp³-hybridized carbons (Fsp3) is 0.455. The summed E-state index contributed by atoms with van der Waals surface area (Å²) in [5, 5.41) is 12.8. The molecule has 2 N–H and O–H groups in total. The highest BCUT2D eigenvalue weighted by atomic mass is 16.5. The molecule has 1 aliphatic rings. The standard InChI is InChI=1S/C11H15NO2/c13-10-8-12-7-6-11(10)14-9-4-2-1-3-5-9/h1-5,10-13H,6-8H2/t10-,11-/m1/s1. The molecule has 0 aromatic heterocycles. The van der Waals surface area contributed by atoms with Crippen molar-refractivity contribution in [1.29, 1.82) is 0 Å². The van der Waals surface area contributed by atoms with Crippen LogP contribution in [0.1, 0.15) is 6.42 Å². The van der Waals surface area contributed by atoms with Crippen LogP contribution in [0.25, 0.3) is 0 Å². The number of para-hydroxylation sites is 1. The highest BCUT2D eigenvalue weighted by Gasteiger charge is 2.24. The minimum atomic E-state index is -0.399. The van der Waals surface area contributed by atoms with Crippen molar-refractivity contribution in [3.05, 3.63) is 30.3 Å². The number of piperidine rings is 1. The number of hydrogen-bond acceptors (Lipinski definition) is 3. The average Bonchev–Trinajstić information content (AvgIpc) is 2.23. The molecule has 1 aliphatic heterocycles. The summed E-state index contributed by atoms with van der Waals surface area (Å²) in [5.41, 5.74) is 0. The van der Waals surface area contributed by atoms with Gasteiger partial charge in [0.2, 0.25) is 0 Å². The summed E-state index contributed by atoms with van der Waals surface area (Å²) in [4.78, 5) is 0. The summed E-state index contributed by atoms with van der Waals surface area (Å²) in [7, 11) is 0. The molecular weight excluding hydrogens is 178 g/mol. The van der Waals surface area contributed by atoms with Crippen molar-refractivity contribution in [2.45, 2.75) is 18.6 Å². The summed E-state index contributed by atoms with van der Waals surface area (Å²) >= 11 is 0. The lowest BCUT2D eigenvalue weighted by Gasteiger charge is -2.28. The number of benzene rings is 1. The van der Waals surface area contributed by atoms with Gasteiger partial charge in [0.15, 0.2) is 0 Å². The summed E-state index contributed by atoms with van der Waals surface area (Å²) in [6.07, 6.45) is 0.387. The van der Waals surface area contributed by atoms with E-state index in [1.54, 1.807) is 0 Å². The third kappa shape index (κ3) is 2.25. The molecule has 1 aromatic carbocycles. The lowest BCUT2D eigenvalue weighted by molar-refractivity contribution is 0.0163. The molecule has 0 amide bonds. The van der Waals surface area contributed by atoms with Gasteiger partial charge in [0.1, 0.15) is 18.0 Å². The van der Waals surface area contributed by atoms with Gasteiger partial charge in [-0.3, -0.25) is 0 Å². The van der Waals surface area contributed by atoms with E-state index in [2.05, 4.69) is 5.32 Å². The number of ether oxygens (including phenoxy) is 1. The van der Waals surface area contributed by atoms with Crippen LogP contribution in [0.3, 0.4) is 0 Å². The van der Waals surface area contributed by atoms with Crippen LogP contribution < -0.4 is 10.1 Å². The predicted octanol–water partition coefficient (Wildman–Crippen LogP) is 0.788. The summed E-state index contributed by atoms with van der Waals surface area (Å²) in [6, 6.07) is 9.64. The van der Waals surface area contributed by atoms with Gasteiger partial charge in [-0.2, -0.15) is 0 Å². The van der Waals surface area contributed by atoms with Crippen LogP contribution in [0.15, 0.2) is 30.3 Å². The average molecular weight is 193 g/mol. The lowest BCUT2D eigenvalue weighted by atomic mass is 10.1. The fourth-order valence-corrected chi connectivity index (χ4v) is 1.63. The van der Waals surface area contributed by atoms with Gasteiger partial charge in [0.05, 0.1) is 0 Å². The van der Waals surface area contributed by atoms with Crippen LogP contribution in [0.5, 0.6) is 5.75 Å². The molecule has 0 saturated carbocycles. The Morgan fingerprint density at radius 3 is 2.79 bits per heavy atom. The molecule has 3 nitrogen and oxygen atoms in total. The molecule has 3 heteroatoms. The summed E-state index contributed by atoms with van der Waals surface area (Å²) in [6.45, 7) is 1.53. The number of hydrogen-bond donors (Lipinski definition) is 2. The van der Waals surface area contributed by atoms with E-state index in [1.807, 2.05) is 30.3 Å². The molecule has 1 fully saturated rings. The van der Waals surface area contributed by atoms with Gasteiger partial charge in [-0.25, -0.2) is 0 Å². The second kappa shape index (κ2) is 4.44. The molecule has 0 spiro atoms. The van der Waals surface area contributed by atoms with Gasteiger partial charge >= 0.3 is 0 Å². The lowest BCUT2D eigenvalue weighted by Crippen LogP contribution is -2.46. The van der Waals surface area contributed by atoms with Crippen molar-refractivity contribution < 1.29 is 9.84 Å². The molecule has 1 heterocycles. The number of nitrogens with one attached hydrogen (secondary N) is 1. The molecule has 0 unspecified atom stereocenters. The molecule has 0 radical (unpaired) electrons. The first-order valence-electron chi connectivity index (χ1n) is 4.97. The van der Waals surface area contributed by atoms with E-state index in [0.29, 0.717) is 6.54 Å². The quantitative estimate of drug-likeness (QED) is 0.729. The normalized spacial score (nSPS) is 27.2. The number of aliphatic hydroxyl groups is 1. The van der Waals surface area contributed by atoms with E-state index in [-0.39, 0.29) is 6.10 Å². The van der Waals surface area contributed by atoms with E-state index in [9.17, 15) is 5.11 Å². The molecule has 1 aromatic rings. The maximum absolute atomic E-state index is 9.64. The maximum Gasteiger partial charge on any atom is 0.127 e. The predicted molar refractivity (Wildman–Crippen MR) is 54.4 cm³/mol. The van der Waals surface area contributed by atoms with Gasteiger partial charge in [0, 0.05) is 6.54 Å². The zero-order valence-electron chi connectivity index (χ0n) is 8.02. The van der Waals surface area contributed by atoms with Gasteiger partial charge in [-0.15, -0.1) is 0 Å². The van der Waals surface area contributed by atoms with E-state index in [0.717, 1.165) is 18.7 Å². The van der Waals surface area contributed by atoms with E-state index < -0.39 is 6.10 Å². The SMILES string of the molecule is O[C@@H]1CNCC[C@H]1Oc1ccccc1. The minimum Gasteiger partial charge on any atom is -0.488 e. The van der Waals surface area contributed by atoms with Gasteiger partial charge < -0.3 is 15.2 Å². The highest BCUT2D eigenvalue weighted by Crippen LogP contribution is 2.15. The van der Waals surface area contributed by atoms with Crippen LogP contribution in [0, 0.1) is 0 Å². The molecule has 1 saturated heterocycles. The Labute approximate surface area is 83.7 Å². The first kappa shape index (κ1) is 9.49. The second-order valence-electron chi connectivity index (χ2n) is 3.53. The first-order valence-corrected chi connectivity index (χ1v) is 4.97. The zero-order valence-corrected chi connectivity index (χ0v) is 8.02. The van der Waals surface area contributed by atoms with Crippen LogP contribution in [-0.2, 0) is 0 Å². The third-order valence-electron chi connectivity index (χ3n) is 2.42. The summed E-state index contributed by atoms with van der Waals surface area (Å²) in [5.74, 6) is 0.832. The van der Waals surface area contributed by atoms with Crippen molar-refractivity contribution in [2.75, 3.05) is 13.1 Å². The Bertz CT molecular complexity index is 276. The van der Waals surface area contributed by atoms with Crippen molar-refractivity contribution in [3.8, 4) is 5.75 Å². The Balaban J connectivity index is 1.96. The number of rotatable bonds is 2. The monoisotopic (exact) mass is 193 g/mol. The van der Waals surface area contributed by atoms with Gasteiger partial charge in [0.25, 0.3) is 0 Å². The molecular formula is C11H15NO2. The molecule has 0 bridgehead atoms. The topological polar surface area (TPSA) is 41.5 Å². The zero-order chi connectivity index (χ0) is 9.80. The molecule has 14 heavy (non-hydrogen) atoms. The Kier molecular flexibility index (Phi) is 3.01. The van der Waals surface area contributed by atoms with E-state index in [1.165, 1.54) is 0 Å². The van der Waals surface area contributed by atoms with Crippen LogP contribution in [-0.4, -0.2) is 30.4 Å². The van der Waals surface area contributed by atoms with Crippen molar-refractivity contribution in [3.63, 3.8) is 0 Å².